The normalized spacial score (nSPS) is 11.2. The quantitative estimate of drug-likeness (QED) is 0.692. The van der Waals surface area contributed by atoms with Gasteiger partial charge in [0.1, 0.15) is 11.4 Å². The highest BCUT2D eigenvalue weighted by molar-refractivity contribution is 6.43. The van der Waals surface area contributed by atoms with Gasteiger partial charge in [0, 0.05) is 6.20 Å². The second kappa shape index (κ2) is 6.13. The van der Waals surface area contributed by atoms with Crippen LogP contribution in [0, 0.1) is 0 Å². The molecule has 3 aromatic rings. The summed E-state index contributed by atoms with van der Waals surface area (Å²) in [5, 5.41) is 13.8. The van der Waals surface area contributed by atoms with E-state index in [0.29, 0.717) is 22.1 Å². The van der Waals surface area contributed by atoms with Gasteiger partial charge < -0.3 is 0 Å². The molecule has 1 aromatic carbocycles. The molecule has 0 saturated carbocycles. The van der Waals surface area contributed by atoms with E-state index in [1.165, 1.54) is 0 Å². The number of pyridine rings is 1. The first-order valence-corrected chi connectivity index (χ1v) is 7.00. The summed E-state index contributed by atoms with van der Waals surface area (Å²) in [6.45, 7) is 0. The first-order valence-electron chi connectivity index (χ1n) is 6.24. The van der Waals surface area contributed by atoms with Crippen molar-refractivity contribution in [3.63, 3.8) is 0 Å². The lowest BCUT2D eigenvalue weighted by Gasteiger charge is -1.99. The zero-order chi connectivity index (χ0) is 15.5. The molecule has 0 amide bonds. The van der Waals surface area contributed by atoms with Crippen LogP contribution in [0.5, 0.6) is 0 Å². The fourth-order valence-electron chi connectivity index (χ4n) is 1.82. The van der Waals surface area contributed by atoms with Gasteiger partial charge in [-0.1, -0.05) is 35.3 Å². The third-order valence-corrected chi connectivity index (χ3v) is 3.67. The third-order valence-electron chi connectivity index (χ3n) is 2.86. The second-order valence-electron chi connectivity index (χ2n) is 4.29. The molecule has 6 nitrogen and oxygen atoms in total. The van der Waals surface area contributed by atoms with Gasteiger partial charge in [-0.25, -0.2) is 0 Å². The number of hydrogen-bond donors (Lipinski definition) is 2. The van der Waals surface area contributed by atoms with Crippen molar-refractivity contribution in [1.82, 2.24) is 15.2 Å². The van der Waals surface area contributed by atoms with Gasteiger partial charge >= 0.3 is 0 Å². The molecule has 0 aliphatic rings. The number of aromatic amines is 2. The molecule has 2 aromatic heterocycles. The molecule has 0 saturated heterocycles. The van der Waals surface area contributed by atoms with Crippen LogP contribution in [0.4, 0.5) is 11.4 Å². The van der Waals surface area contributed by atoms with Crippen LogP contribution in [0.25, 0.3) is 11.4 Å². The molecule has 3 rings (SSSR count). The zero-order valence-electron chi connectivity index (χ0n) is 11.0. The lowest BCUT2D eigenvalue weighted by atomic mass is 10.2. The predicted molar refractivity (Wildman–Crippen MR) is 85.3 cm³/mol. The zero-order valence-corrected chi connectivity index (χ0v) is 12.6. The highest BCUT2D eigenvalue weighted by atomic mass is 35.5. The minimum absolute atomic E-state index is 0.120. The number of H-pyrrole nitrogens is 2. The minimum Gasteiger partial charge on any atom is -0.294 e. The Labute approximate surface area is 134 Å². The standard InChI is InChI=1S/C14H9Cl2N5O/c15-8-4-3-6-9(11(8)16)18-20-13-12(19-21-14(13)22)10-5-1-2-7-17-10/h1-7H,(H2,19,21,22). The Hall–Kier alpha value is -2.44. The van der Waals surface area contributed by atoms with Crippen molar-refractivity contribution >= 4 is 34.6 Å². The molecule has 2 heterocycles. The first kappa shape index (κ1) is 14.5. The molecular formula is C14H9Cl2N5O. The first-order chi connectivity index (χ1) is 10.7. The summed E-state index contributed by atoms with van der Waals surface area (Å²) in [6.07, 6.45) is 1.62. The molecule has 8 heteroatoms. The Morgan fingerprint density at radius 1 is 1.00 bits per heavy atom. The van der Waals surface area contributed by atoms with Crippen molar-refractivity contribution in [1.29, 1.82) is 0 Å². The van der Waals surface area contributed by atoms with Crippen LogP contribution in [0.3, 0.4) is 0 Å². The lowest BCUT2D eigenvalue weighted by molar-refractivity contribution is 1.05. The molecule has 0 atom stereocenters. The van der Waals surface area contributed by atoms with Gasteiger partial charge in [0.25, 0.3) is 5.56 Å². The SMILES string of the molecule is O=c1[nH][nH]c(-c2ccccn2)c1N=Nc1cccc(Cl)c1Cl. The van der Waals surface area contributed by atoms with E-state index in [4.69, 9.17) is 23.2 Å². The van der Waals surface area contributed by atoms with Crippen LogP contribution in [-0.4, -0.2) is 15.2 Å². The summed E-state index contributed by atoms with van der Waals surface area (Å²) in [5.74, 6) is 0. The molecule has 2 N–H and O–H groups in total. The molecular weight excluding hydrogens is 325 g/mol. The number of aromatic nitrogens is 3. The van der Waals surface area contributed by atoms with Crippen LogP contribution < -0.4 is 5.56 Å². The van der Waals surface area contributed by atoms with Gasteiger partial charge in [0.15, 0.2) is 5.69 Å². The average Bonchev–Trinajstić information content (AvgIpc) is 2.91. The van der Waals surface area contributed by atoms with E-state index >= 15 is 0 Å². The number of halogens is 2. The molecule has 0 radical (unpaired) electrons. The number of nitrogens with one attached hydrogen (secondary N) is 2. The van der Waals surface area contributed by atoms with E-state index in [9.17, 15) is 4.79 Å². The van der Waals surface area contributed by atoms with E-state index in [2.05, 4.69) is 25.4 Å². The Kier molecular flexibility index (Phi) is 4.04. The molecule has 0 bridgehead atoms. The van der Waals surface area contributed by atoms with Gasteiger partial charge in [0.05, 0.1) is 15.7 Å². The highest BCUT2D eigenvalue weighted by Gasteiger charge is 2.12. The van der Waals surface area contributed by atoms with E-state index in [1.807, 2.05) is 6.07 Å². The van der Waals surface area contributed by atoms with Crippen LogP contribution in [-0.2, 0) is 0 Å². The number of rotatable bonds is 3. The monoisotopic (exact) mass is 333 g/mol. The van der Waals surface area contributed by atoms with Crippen molar-refractivity contribution in [2.45, 2.75) is 0 Å². The summed E-state index contributed by atoms with van der Waals surface area (Å²) in [5.41, 5.74) is 1.12. The Balaban J connectivity index is 2.03. The molecule has 0 unspecified atom stereocenters. The fourth-order valence-corrected chi connectivity index (χ4v) is 2.15. The van der Waals surface area contributed by atoms with E-state index in [0.717, 1.165) is 0 Å². The molecule has 22 heavy (non-hydrogen) atoms. The molecule has 110 valence electrons. The van der Waals surface area contributed by atoms with Crippen LogP contribution in [0.1, 0.15) is 0 Å². The number of benzene rings is 1. The smallest absolute Gasteiger partial charge is 0.292 e. The molecule has 0 spiro atoms. The fraction of sp³-hybridized carbons (Fsp3) is 0. The third kappa shape index (κ3) is 2.79. The Bertz CT molecular complexity index is 886. The van der Waals surface area contributed by atoms with Gasteiger partial charge in [-0.2, -0.15) is 0 Å². The minimum atomic E-state index is -0.400. The van der Waals surface area contributed by atoms with E-state index in [1.54, 1.807) is 36.5 Å². The van der Waals surface area contributed by atoms with Gasteiger partial charge in [-0.15, -0.1) is 10.2 Å². The number of azo groups is 1. The molecule has 0 aliphatic heterocycles. The predicted octanol–water partition coefficient (Wildman–Crippen LogP) is 4.49. The van der Waals surface area contributed by atoms with E-state index in [-0.39, 0.29) is 10.7 Å². The summed E-state index contributed by atoms with van der Waals surface area (Å²) >= 11 is 12.0. The van der Waals surface area contributed by atoms with Crippen molar-refractivity contribution in [3.05, 3.63) is 63.0 Å². The van der Waals surface area contributed by atoms with Gasteiger partial charge in [-0.05, 0) is 24.3 Å². The van der Waals surface area contributed by atoms with E-state index < -0.39 is 5.56 Å². The summed E-state index contributed by atoms with van der Waals surface area (Å²) < 4.78 is 0. The number of nitrogens with zero attached hydrogens (tertiary/aromatic N) is 3. The Morgan fingerprint density at radius 2 is 1.86 bits per heavy atom. The van der Waals surface area contributed by atoms with Crippen molar-refractivity contribution in [3.8, 4) is 11.4 Å². The highest BCUT2D eigenvalue weighted by Crippen LogP contribution is 2.33. The van der Waals surface area contributed by atoms with Crippen molar-refractivity contribution in [2.24, 2.45) is 10.2 Å². The van der Waals surface area contributed by atoms with Crippen molar-refractivity contribution in [2.75, 3.05) is 0 Å². The van der Waals surface area contributed by atoms with Gasteiger partial charge in [0.2, 0.25) is 0 Å². The summed E-state index contributed by atoms with van der Waals surface area (Å²) in [6, 6.07) is 10.3. The number of hydrogen-bond acceptors (Lipinski definition) is 4. The Morgan fingerprint density at radius 3 is 2.64 bits per heavy atom. The maximum atomic E-state index is 11.9. The topological polar surface area (TPSA) is 86.3 Å². The molecule has 0 fully saturated rings. The van der Waals surface area contributed by atoms with Crippen LogP contribution in [0.2, 0.25) is 10.0 Å². The van der Waals surface area contributed by atoms with Crippen LogP contribution in [0.15, 0.2) is 57.6 Å². The maximum absolute atomic E-state index is 11.9. The maximum Gasteiger partial charge on any atom is 0.292 e. The summed E-state index contributed by atoms with van der Waals surface area (Å²) in [4.78, 5) is 16.0. The molecule has 0 aliphatic carbocycles. The van der Waals surface area contributed by atoms with Gasteiger partial charge in [-0.3, -0.25) is 20.0 Å². The second-order valence-corrected chi connectivity index (χ2v) is 5.08. The largest absolute Gasteiger partial charge is 0.294 e. The van der Waals surface area contributed by atoms with Crippen LogP contribution >= 0.6 is 23.2 Å². The van der Waals surface area contributed by atoms with Crippen molar-refractivity contribution < 1.29 is 0 Å². The average molecular weight is 334 g/mol. The lowest BCUT2D eigenvalue weighted by Crippen LogP contribution is -1.96. The summed E-state index contributed by atoms with van der Waals surface area (Å²) in [7, 11) is 0.